The standard InChI is InChI=1S/C11H23O2Si2/c1-12-11-6-4-10(5-7-11)8-9-14-13-15(2)3/h10-11H,4-9H2,1-3H3. The van der Waals surface area contributed by atoms with Crippen molar-refractivity contribution in [3.05, 3.63) is 0 Å². The van der Waals surface area contributed by atoms with Crippen LogP contribution >= 0.6 is 0 Å². The quantitative estimate of drug-likeness (QED) is 0.527. The van der Waals surface area contributed by atoms with Gasteiger partial charge in [-0.15, -0.1) is 0 Å². The fourth-order valence-electron chi connectivity index (χ4n) is 2.11. The van der Waals surface area contributed by atoms with Crippen molar-refractivity contribution in [3.8, 4) is 0 Å². The van der Waals surface area contributed by atoms with Crippen molar-refractivity contribution in [2.75, 3.05) is 7.11 Å². The highest BCUT2D eigenvalue weighted by atomic mass is 28.3. The lowest BCUT2D eigenvalue weighted by Crippen LogP contribution is -2.21. The Hall–Kier alpha value is 0.354. The van der Waals surface area contributed by atoms with Gasteiger partial charge in [-0.05, 0) is 50.7 Å². The molecule has 2 nitrogen and oxygen atoms in total. The van der Waals surface area contributed by atoms with Crippen molar-refractivity contribution in [1.82, 2.24) is 0 Å². The average Bonchev–Trinajstić information content (AvgIpc) is 2.25. The Kier molecular flexibility index (Phi) is 6.80. The first-order valence-electron chi connectivity index (χ1n) is 5.95. The third-order valence-corrected chi connectivity index (χ3v) is 5.76. The molecule has 0 atom stereocenters. The minimum absolute atomic E-state index is 0.457. The maximum atomic E-state index is 5.68. The van der Waals surface area contributed by atoms with E-state index >= 15 is 0 Å². The Labute approximate surface area is 98.4 Å². The molecular formula is C11H23O2Si2. The highest BCUT2D eigenvalue weighted by molar-refractivity contribution is 6.56. The monoisotopic (exact) mass is 243 g/mol. The van der Waals surface area contributed by atoms with E-state index in [0.29, 0.717) is 6.10 Å². The molecule has 0 aromatic carbocycles. The highest BCUT2D eigenvalue weighted by Crippen LogP contribution is 2.29. The molecule has 0 aromatic rings. The first-order chi connectivity index (χ1) is 7.22. The SMILES string of the molecule is COC1CCC(CC[Si]O[Si](C)C)CC1. The van der Waals surface area contributed by atoms with Crippen LogP contribution in [-0.2, 0) is 8.85 Å². The van der Waals surface area contributed by atoms with Gasteiger partial charge >= 0.3 is 0 Å². The number of methoxy groups -OCH3 is 1. The van der Waals surface area contributed by atoms with E-state index in [4.69, 9.17) is 8.85 Å². The van der Waals surface area contributed by atoms with Crippen molar-refractivity contribution in [1.29, 1.82) is 0 Å². The van der Waals surface area contributed by atoms with Gasteiger partial charge in [0.05, 0.1) is 6.10 Å². The van der Waals surface area contributed by atoms with E-state index in [9.17, 15) is 0 Å². The summed E-state index contributed by atoms with van der Waals surface area (Å²) in [5.41, 5.74) is 0. The molecule has 1 fully saturated rings. The Bertz CT molecular complexity index is 157. The molecule has 4 heteroatoms. The molecule has 0 amide bonds. The van der Waals surface area contributed by atoms with E-state index in [1.165, 1.54) is 38.1 Å². The van der Waals surface area contributed by atoms with Crippen molar-refractivity contribution < 1.29 is 8.85 Å². The van der Waals surface area contributed by atoms with Gasteiger partial charge in [0.2, 0.25) is 9.76 Å². The minimum Gasteiger partial charge on any atom is -0.456 e. The summed E-state index contributed by atoms with van der Waals surface area (Å²) >= 11 is 0. The number of hydrogen-bond acceptors (Lipinski definition) is 2. The van der Waals surface area contributed by atoms with E-state index in [-0.39, 0.29) is 0 Å². The van der Waals surface area contributed by atoms with Gasteiger partial charge in [0.1, 0.15) is 0 Å². The summed E-state index contributed by atoms with van der Waals surface area (Å²) in [5.74, 6) is 0.942. The van der Waals surface area contributed by atoms with Gasteiger partial charge in [-0.25, -0.2) is 0 Å². The number of rotatable bonds is 6. The maximum absolute atomic E-state index is 5.68. The van der Waals surface area contributed by atoms with E-state index in [1.807, 2.05) is 7.11 Å². The van der Waals surface area contributed by atoms with Crippen LogP contribution in [-0.4, -0.2) is 32.0 Å². The third-order valence-electron chi connectivity index (χ3n) is 3.06. The summed E-state index contributed by atoms with van der Waals surface area (Å²) < 4.78 is 11.1. The van der Waals surface area contributed by atoms with Crippen LogP contribution in [0.2, 0.25) is 19.1 Å². The van der Waals surface area contributed by atoms with E-state index in [0.717, 1.165) is 15.7 Å². The minimum atomic E-state index is -0.457. The molecule has 3 radical (unpaired) electrons. The van der Waals surface area contributed by atoms with E-state index in [2.05, 4.69) is 13.1 Å². The second-order valence-corrected chi connectivity index (χ2v) is 7.99. The summed E-state index contributed by atoms with van der Waals surface area (Å²) in [6, 6.07) is 1.28. The van der Waals surface area contributed by atoms with Crippen LogP contribution in [0, 0.1) is 5.92 Å². The molecule has 1 rings (SSSR count). The second-order valence-electron chi connectivity index (χ2n) is 4.57. The van der Waals surface area contributed by atoms with Gasteiger partial charge in [-0.3, -0.25) is 0 Å². The van der Waals surface area contributed by atoms with Gasteiger partial charge in [0, 0.05) is 7.11 Å². The van der Waals surface area contributed by atoms with Crippen LogP contribution in [0.25, 0.3) is 0 Å². The lowest BCUT2D eigenvalue weighted by atomic mass is 9.86. The van der Waals surface area contributed by atoms with Gasteiger partial charge in [-0.1, -0.05) is 6.42 Å². The predicted octanol–water partition coefficient (Wildman–Crippen LogP) is 2.89. The zero-order valence-corrected chi connectivity index (χ0v) is 12.2. The summed E-state index contributed by atoms with van der Waals surface area (Å²) in [7, 11) is 2.13. The Balaban J connectivity index is 1.99. The Morgan fingerprint density at radius 1 is 1.20 bits per heavy atom. The summed E-state index contributed by atoms with van der Waals surface area (Å²) in [5, 5.41) is 0. The van der Waals surface area contributed by atoms with Gasteiger partial charge in [0.15, 0.2) is 9.04 Å². The average molecular weight is 243 g/mol. The zero-order chi connectivity index (χ0) is 11.1. The fourth-order valence-corrected chi connectivity index (χ4v) is 4.20. The molecule has 0 unspecified atom stereocenters. The van der Waals surface area contributed by atoms with Gasteiger partial charge < -0.3 is 8.85 Å². The maximum Gasteiger partial charge on any atom is 0.214 e. The van der Waals surface area contributed by atoms with E-state index in [1.54, 1.807) is 0 Å². The summed E-state index contributed by atoms with van der Waals surface area (Å²) in [6.07, 6.45) is 7.16. The molecule has 1 aliphatic rings. The Morgan fingerprint density at radius 3 is 2.40 bits per heavy atom. The normalized spacial score (nSPS) is 27.2. The molecule has 87 valence electrons. The van der Waals surface area contributed by atoms with Crippen LogP contribution in [0.5, 0.6) is 0 Å². The predicted molar refractivity (Wildman–Crippen MR) is 66.5 cm³/mol. The van der Waals surface area contributed by atoms with Crippen molar-refractivity contribution in [3.63, 3.8) is 0 Å². The van der Waals surface area contributed by atoms with Gasteiger partial charge in [-0.2, -0.15) is 0 Å². The van der Waals surface area contributed by atoms with Crippen molar-refractivity contribution in [2.24, 2.45) is 5.92 Å². The second kappa shape index (κ2) is 7.60. The van der Waals surface area contributed by atoms with Crippen LogP contribution in [0.1, 0.15) is 32.1 Å². The lowest BCUT2D eigenvalue weighted by Gasteiger charge is -2.27. The van der Waals surface area contributed by atoms with E-state index < -0.39 is 9.04 Å². The molecule has 1 aliphatic carbocycles. The third kappa shape index (κ3) is 5.85. The fraction of sp³-hybridized carbons (Fsp3) is 1.00. The lowest BCUT2D eigenvalue weighted by molar-refractivity contribution is 0.0562. The smallest absolute Gasteiger partial charge is 0.214 e. The van der Waals surface area contributed by atoms with Crippen LogP contribution in [0.15, 0.2) is 0 Å². The highest BCUT2D eigenvalue weighted by Gasteiger charge is 2.20. The van der Waals surface area contributed by atoms with Crippen molar-refractivity contribution in [2.45, 2.75) is 57.3 Å². The first kappa shape index (κ1) is 13.4. The van der Waals surface area contributed by atoms with Gasteiger partial charge in [0.25, 0.3) is 0 Å². The molecule has 0 heterocycles. The molecule has 0 bridgehead atoms. The largest absolute Gasteiger partial charge is 0.456 e. The molecule has 0 aromatic heterocycles. The first-order valence-corrected chi connectivity index (χ1v) is 9.47. The van der Waals surface area contributed by atoms with Crippen molar-refractivity contribution >= 4 is 18.8 Å². The number of hydrogen-bond donors (Lipinski definition) is 0. The summed E-state index contributed by atoms with van der Waals surface area (Å²) in [6.45, 7) is 4.42. The molecule has 15 heavy (non-hydrogen) atoms. The number of ether oxygens (including phenoxy) is 1. The molecule has 0 N–H and O–H groups in total. The molecule has 1 saturated carbocycles. The molecule has 0 spiro atoms. The molecule has 0 saturated heterocycles. The molecule has 0 aliphatic heterocycles. The van der Waals surface area contributed by atoms with Crippen LogP contribution in [0.4, 0.5) is 0 Å². The van der Waals surface area contributed by atoms with Crippen LogP contribution < -0.4 is 0 Å². The Morgan fingerprint density at radius 2 is 1.87 bits per heavy atom. The molecular weight excluding hydrogens is 220 g/mol. The topological polar surface area (TPSA) is 18.5 Å². The van der Waals surface area contributed by atoms with Crippen LogP contribution in [0.3, 0.4) is 0 Å². The summed E-state index contributed by atoms with van der Waals surface area (Å²) in [4.78, 5) is 0. The zero-order valence-electron chi connectivity index (χ0n) is 10.2.